The highest BCUT2D eigenvalue weighted by Gasteiger charge is 2.20. The number of fused-ring (bicyclic) bond motifs is 1. The Bertz CT molecular complexity index is 1690. The van der Waals surface area contributed by atoms with Gasteiger partial charge in [-0.2, -0.15) is 5.26 Å². The van der Waals surface area contributed by atoms with Crippen molar-refractivity contribution in [3.05, 3.63) is 125 Å². The zero-order chi connectivity index (χ0) is 25.0. The maximum absolute atomic E-state index is 12.7. The first-order chi connectivity index (χ1) is 17.5. The monoisotopic (exact) mass is 488 g/mol. The van der Waals surface area contributed by atoms with E-state index in [-0.39, 0.29) is 9.80 Å². The molecule has 0 saturated heterocycles. The third-order valence-electron chi connectivity index (χ3n) is 5.61. The van der Waals surface area contributed by atoms with E-state index in [1.165, 1.54) is 18.2 Å². The Kier molecular flexibility index (Phi) is 6.31. The fraction of sp³-hybridized carbons (Fsp3) is 0. The minimum absolute atomic E-state index is 0.0967. The second kappa shape index (κ2) is 9.87. The van der Waals surface area contributed by atoms with E-state index in [1.807, 2.05) is 78.9 Å². The Morgan fingerprint density at radius 1 is 0.750 bits per heavy atom. The first-order valence-corrected chi connectivity index (χ1v) is 12.7. The molecule has 0 fully saturated rings. The van der Waals surface area contributed by atoms with Crippen molar-refractivity contribution >= 4 is 39.2 Å². The number of nitriles is 1. The van der Waals surface area contributed by atoms with Gasteiger partial charge in [0.25, 0.3) is 0 Å². The Balaban J connectivity index is 1.30. The van der Waals surface area contributed by atoms with Crippen LogP contribution in [0.4, 0.5) is 0 Å². The minimum atomic E-state index is -3.86. The molecule has 0 aliphatic heterocycles. The Morgan fingerprint density at radius 2 is 1.33 bits per heavy atom. The van der Waals surface area contributed by atoms with Gasteiger partial charge in [-0.15, -0.1) is 0 Å². The van der Waals surface area contributed by atoms with Crippen molar-refractivity contribution in [3.8, 4) is 17.5 Å². The number of rotatable bonds is 6. The maximum atomic E-state index is 12.7. The Hall–Kier alpha value is -4.73. The van der Waals surface area contributed by atoms with Crippen molar-refractivity contribution in [2.24, 2.45) is 0 Å². The van der Waals surface area contributed by atoms with Crippen molar-refractivity contribution in [3.63, 3.8) is 0 Å². The summed E-state index contributed by atoms with van der Waals surface area (Å²) in [5.41, 5.74) is 5.08. The molecule has 0 saturated carbocycles. The normalized spacial score (nSPS) is 12.1. The fourth-order valence-corrected chi connectivity index (χ4v) is 4.86. The molecule has 4 aromatic carbocycles. The summed E-state index contributed by atoms with van der Waals surface area (Å²) < 4.78 is 31.3. The third-order valence-corrected chi connectivity index (χ3v) is 7.29. The van der Waals surface area contributed by atoms with Crippen LogP contribution < -0.4 is 0 Å². The van der Waals surface area contributed by atoms with Gasteiger partial charge in [0.15, 0.2) is 5.58 Å². The van der Waals surface area contributed by atoms with Gasteiger partial charge in [-0.1, -0.05) is 78.9 Å². The predicted molar refractivity (Wildman–Crippen MR) is 142 cm³/mol. The second-order valence-electron chi connectivity index (χ2n) is 8.05. The third kappa shape index (κ3) is 4.88. The molecule has 0 spiro atoms. The largest absolute Gasteiger partial charge is 0.436 e. The number of hydrogen-bond donors (Lipinski definition) is 0. The summed E-state index contributed by atoms with van der Waals surface area (Å²) >= 11 is 0. The smallest absolute Gasteiger partial charge is 0.227 e. The molecule has 0 aliphatic rings. The van der Waals surface area contributed by atoms with Crippen LogP contribution in [-0.2, 0) is 9.84 Å². The van der Waals surface area contributed by atoms with Gasteiger partial charge in [0.05, 0.1) is 4.90 Å². The summed E-state index contributed by atoms with van der Waals surface area (Å²) in [5.74, 6) is 0.585. The van der Waals surface area contributed by atoms with Gasteiger partial charge in [-0.3, -0.25) is 0 Å². The van der Waals surface area contributed by atoms with Crippen molar-refractivity contribution in [1.29, 1.82) is 5.26 Å². The molecule has 0 atom stereocenters. The van der Waals surface area contributed by atoms with Gasteiger partial charge in [0, 0.05) is 5.56 Å². The number of sulfone groups is 1. The number of benzene rings is 4. The molecule has 0 aliphatic carbocycles. The van der Waals surface area contributed by atoms with Crippen LogP contribution in [-0.4, -0.2) is 13.4 Å². The molecule has 5 nitrogen and oxygen atoms in total. The van der Waals surface area contributed by atoms with Crippen LogP contribution in [0.2, 0.25) is 0 Å². The van der Waals surface area contributed by atoms with Gasteiger partial charge in [0.2, 0.25) is 15.7 Å². The lowest BCUT2D eigenvalue weighted by Gasteiger charge is -2.03. The van der Waals surface area contributed by atoms with Crippen molar-refractivity contribution in [1.82, 2.24) is 4.98 Å². The minimum Gasteiger partial charge on any atom is -0.436 e. The van der Waals surface area contributed by atoms with Crippen LogP contribution in [0.3, 0.4) is 0 Å². The molecule has 5 rings (SSSR count). The summed E-state index contributed by atoms with van der Waals surface area (Å²) in [6.07, 6.45) is 5.34. The predicted octanol–water partition coefficient (Wildman–Crippen LogP) is 7.00. The lowest BCUT2D eigenvalue weighted by atomic mass is 10.1. The van der Waals surface area contributed by atoms with Gasteiger partial charge in [-0.25, -0.2) is 13.4 Å². The van der Waals surface area contributed by atoms with Gasteiger partial charge in [0.1, 0.15) is 16.5 Å². The zero-order valence-corrected chi connectivity index (χ0v) is 19.9. The molecular formula is C30H20N2O3S. The van der Waals surface area contributed by atoms with Crippen LogP contribution in [0.5, 0.6) is 0 Å². The molecule has 0 unspecified atom stereocenters. The summed E-state index contributed by atoms with van der Waals surface area (Å²) in [6.45, 7) is 0. The van der Waals surface area contributed by atoms with E-state index >= 15 is 0 Å². The molecule has 1 heterocycles. The molecule has 5 aromatic rings. The van der Waals surface area contributed by atoms with Crippen molar-refractivity contribution in [2.75, 3.05) is 0 Å². The average molecular weight is 489 g/mol. The molecular weight excluding hydrogens is 468 g/mol. The van der Waals surface area contributed by atoms with Gasteiger partial charge >= 0.3 is 0 Å². The SMILES string of the molecule is N#C/C(=C/c1ccc(/C=C/c2ccc(-c3nc4ccccc4o3)cc2)cc1)S(=O)(=O)c1ccccc1. The number of aromatic nitrogens is 1. The van der Waals surface area contributed by atoms with E-state index in [0.717, 1.165) is 27.8 Å². The lowest BCUT2D eigenvalue weighted by molar-refractivity contribution is 0.603. The molecule has 1 aromatic heterocycles. The van der Waals surface area contributed by atoms with E-state index in [2.05, 4.69) is 4.98 Å². The maximum Gasteiger partial charge on any atom is 0.227 e. The van der Waals surface area contributed by atoms with Gasteiger partial charge < -0.3 is 4.42 Å². The highest BCUT2D eigenvalue weighted by molar-refractivity contribution is 7.95. The van der Waals surface area contributed by atoms with Gasteiger partial charge in [-0.05, 0) is 59.2 Å². The van der Waals surface area contributed by atoms with E-state index in [4.69, 9.17) is 4.42 Å². The highest BCUT2D eigenvalue weighted by atomic mass is 32.2. The van der Waals surface area contributed by atoms with E-state index in [0.29, 0.717) is 11.5 Å². The summed E-state index contributed by atoms with van der Waals surface area (Å²) in [4.78, 5) is 4.33. The molecule has 0 bridgehead atoms. The lowest BCUT2D eigenvalue weighted by Crippen LogP contribution is -2.03. The average Bonchev–Trinajstić information content (AvgIpc) is 3.36. The van der Waals surface area contributed by atoms with E-state index in [1.54, 1.807) is 30.3 Å². The van der Waals surface area contributed by atoms with Crippen LogP contribution in [0.25, 0.3) is 40.8 Å². The Labute approximate surface area is 209 Å². The molecule has 6 heteroatoms. The molecule has 0 N–H and O–H groups in total. The number of allylic oxidation sites excluding steroid dienone is 1. The van der Waals surface area contributed by atoms with Crippen LogP contribution in [0, 0.1) is 11.3 Å². The second-order valence-corrected chi connectivity index (χ2v) is 9.96. The fourth-order valence-electron chi connectivity index (χ4n) is 3.68. The number of nitrogens with zero attached hydrogens (tertiary/aromatic N) is 2. The van der Waals surface area contributed by atoms with Crippen LogP contribution in [0.15, 0.2) is 117 Å². The van der Waals surface area contributed by atoms with Crippen LogP contribution >= 0.6 is 0 Å². The zero-order valence-electron chi connectivity index (χ0n) is 19.1. The van der Waals surface area contributed by atoms with Crippen molar-refractivity contribution in [2.45, 2.75) is 4.90 Å². The quantitative estimate of drug-likeness (QED) is 0.190. The summed E-state index contributed by atoms with van der Waals surface area (Å²) in [5, 5.41) is 9.46. The topological polar surface area (TPSA) is 84.0 Å². The molecule has 174 valence electrons. The first kappa shape index (κ1) is 23.0. The number of oxazole rings is 1. The number of hydrogen-bond acceptors (Lipinski definition) is 5. The Morgan fingerprint density at radius 3 is 1.97 bits per heavy atom. The molecule has 0 amide bonds. The standard InChI is InChI=1S/C30H20N2O3S/c31-21-27(36(33,34)26-6-2-1-3-7-26)20-24-14-12-22(13-15-24)10-11-23-16-18-25(19-17-23)30-32-28-8-4-5-9-29(28)35-30/h1-20H/b11-10+,27-20-. The van der Waals surface area contributed by atoms with Crippen LogP contribution in [0.1, 0.15) is 16.7 Å². The van der Waals surface area contributed by atoms with E-state index < -0.39 is 9.84 Å². The molecule has 0 radical (unpaired) electrons. The van der Waals surface area contributed by atoms with Crippen molar-refractivity contribution < 1.29 is 12.8 Å². The summed E-state index contributed by atoms with van der Waals surface area (Å²) in [7, 11) is -3.86. The van der Waals surface area contributed by atoms with E-state index in [9.17, 15) is 13.7 Å². The highest BCUT2D eigenvalue weighted by Crippen LogP contribution is 2.25. The number of para-hydroxylation sites is 2. The molecule has 36 heavy (non-hydrogen) atoms. The first-order valence-electron chi connectivity index (χ1n) is 11.2. The summed E-state index contributed by atoms with van der Waals surface area (Å²) in [6, 6.07) is 32.7.